The van der Waals surface area contributed by atoms with Gasteiger partial charge in [0.25, 0.3) is 13.6 Å². The molecule has 7 heteroatoms. The van der Waals surface area contributed by atoms with E-state index in [1.54, 1.807) is 73.9 Å². The van der Waals surface area contributed by atoms with Gasteiger partial charge < -0.3 is 0 Å². The molecule has 0 N–H and O–H groups in total. The minimum atomic E-state index is 0. The molecule has 0 fully saturated rings. The van der Waals surface area contributed by atoms with Gasteiger partial charge in [-0.1, -0.05) is 160 Å². The molecule has 346 valence electrons. The molecular formula is C50H108O2P4W. The third-order valence-corrected chi connectivity index (χ3v) is 21.3. The largest absolute Gasteiger partial charge is 0.281 e. The first-order valence-corrected chi connectivity index (χ1v) is 32.3. The maximum Gasteiger partial charge on any atom is 0.281 e. The quantitative estimate of drug-likeness (QED) is 0.0586. The Labute approximate surface area is 384 Å². The number of hydrogen-bond acceptors (Lipinski definition) is 2. The van der Waals surface area contributed by atoms with E-state index in [-0.39, 0.29) is 21.1 Å². The van der Waals surface area contributed by atoms with Crippen molar-refractivity contribution in [2.75, 3.05) is 73.9 Å². The Hall–Kier alpha value is 1.75. The molecule has 0 aromatic heterocycles. The van der Waals surface area contributed by atoms with Crippen LogP contribution in [0.4, 0.5) is 0 Å². The second-order valence-electron chi connectivity index (χ2n) is 15.6. The van der Waals surface area contributed by atoms with E-state index in [9.17, 15) is 0 Å². The van der Waals surface area contributed by atoms with Crippen molar-refractivity contribution in [3.63, 3.8) is 0 Å². The Morgan fingerprint density at radius 2 is 0.281 bits per heavy atom. The van der Waals surface area contributed by atoms with Crippen molar-refractivity contribution >= 4 is 45.3 Å². The number of hydrogen-bond donors (Lipinski definition) is 0. The van der Waals surface area contributed by atoms with E-state index in [0.29, 0.717) is 31.7 Å². The number of carbonyl (C=O) groups excluding carboxylic acids is 2. The third-order valence-electron chi connectivity index (χ3n) is 9.93. The van der Waals surface area contributed by atoms with Gasteiger partial charge in [-0.2, -0.15) is 0 Å². The Kier molecular flexibility index (Phi) is 96.4. The maximum absolute atomic E-state index is 7.50. The van der Waals surface area contributed by atoms with Crippen LogP contribution < -0.4 is 0 Å². The summed E-state index contributed by atoms with van der Waals surface area (Å²) in [5.41, 5.74) is 0. The van der Waals surface area contributed by atoms with E-state index in [0.717, 1.165) is 0 Å². The van der Waals surface area contributed by atoms with Gasteiger partial charge in [0.15, 0.2) is 0 Å². The molecule has 0 aromatic carbocycles. The van der Waals surface area contributed by atoms with Crippen LogP contribution >= 0.6 is 31.7 Å². The Balaban J connectivity index is -0.000000113. The minimum Gasteiger partial charge on any atom is -0.281 e. The van der Waals surface area contributed by atoms with Crippen molar-refractivity contribution in [3.8, 4) is 0 Å². The van der Waals surface area contributed by atoms with Gasteiger partial charge in [-0.05, 0) is 151 Å². The average Bonchev–Trinajstić information content (AvgIpc) is 3.24. The van der Waals surface area contributed by atoms with Gasteiger partial charge in [-0.3, -0.25) is 9.59 Å². The molecule has 0 saturated carbocycles. The van der Waals surface area contributed by atoms with Crippen molar-refractivity contribution in [2.24, 2.45) is 0 Å². The van der Waals surface area contributed by atoms with E-state index < -0.39 is 0 Å². The van der Waals surface area contributed by atoms with Gasteiger partial charge in [-0.15, -0.1) is 31.7 Å². The molecule has 2 nitrogen and oxygen atoms in total. The van der Waals surface area contributed by atoms with E-state index >= 15 is 0 Å². The van der Waals surface area contributed by atoms with Gasteiger partial charge >= 0.3 is 0 Å². The van der Waals surface area contributed by atoms with Crippen molar-refractivity contribution in [1.29, 1.82) is 0 Å². The smallest absolute Gasteiger partial charge is 0.281 e. The molecule has 0 aliphatic rings. The molecule has 0 unspecified atom stereocenters. The minimum absolute atomic E-state index is 0. The summed E-state index contributed by atoms with van der Waals surface area (Å²) in [4.78, 5) is 15.0. The molecule has 0 amide bonds. The van der Waals surface area contributed by atoms with E-state index in [4.69, 9.17) is 9.59 Å². The van der Waals surface area contributed by atoms with Gasteiger partial charge in [0.05, 0.1) is 0 Å². The van der Waals surface area contributed by atoms with Gasteiger partial charge in [0.2, 0.25) is 0 Å². The zero-order valence-corrected chi connectivity index (χ0v) is 48.0. The van der Waals surface area contributed by atoms with E-state index in [1.165, 1.54) is 154 Å². The zero-order chi connectivity index (χ0) is 43.8. The maximum atomic E-state index is 7.50. The molecule has 0 aromatic rings. The van der Waals surface area contributed by atoms with Crippen LogP contribution in [-0.2, 0) is 30.7 Å². The molecule has 4 radical (unpaired) electrons. The van der Waals surface area contributed by atoms with Crippen LogP contribution in [0.25, 0.3) is 0 Å². The molecule has 0 aliphatic carbocycles. The van der Waals surface area contributed by atoms with Crippen LogP contribution in [0.2, 0.25) is 0 Å². The van der Waals surface area contributed by atoms with Crippen LogP contribution in [0.5, 0.6) is 0 Å². The summed E-state index contributed by atoms with van der Waals surface area (Å²) in [5.74, 6) is 0. The summed E-state index contributed by atoms with van der Waals surface area (Å²) in [5, 5.41) is 0. The fourth-order valence-electron chi connectivity index (χ4n) is 5.92. The van der Waals surface area contributed by atoms with Crippen molar-refractivity contribution in [2.45, 2.75) is 237 Å². The topological polar surface area (TPSA) is 34.1 Å². The Morgan fingerprint density at radius 1 is 0.211 bits per heavy atom. The predicted molar refractivity (Wildman–Crippen MR) is 276 cm³/mol. The predicted octanol–water partition coefficient (Wildman–Crippen LogP) is 18.7. The van der Waals surface area contributed by atoms with Crippen LogP contribution in [0.1, 0.15) is 237 Å². The van der Waals surface area contributed by atoms with Crippen molar-refractivity contribution in [1.82, 2.24) is 0 Å². The summed E-state index contributed by atoms with van der Waals surface area (Å²) < 4.78 is 0. The van der Waals surface area contributed by atoms with Gasteiger partial charge in [0, 0.05) is 21.1 Å². The fourth-order valence-corrected chi connectivity index (χ4v) is 17.8. The molecule has 0 bridgehead atoms. The molecule has 0 saturated heterocycles. The number of unbranched alkanes of at least 4 members (excludes halogenated alkanes) is 12. The zero-order valence-electron chi connectivity index (χ0n) is 41.5. The molecule has 0 aliphatic heterocycles. The first-order chi connectivity index (χ1) is 27.4. The van der Waals surface area contributed by atoms with Crippen LogP contribution in [0.3, 0.4) is 0 Å². The SMILES string of the molecule is CCCCP(CCCC)CCCC.CCCCP(CCCC)CCCC.CCCCP(CCCC)CCCC.CCCCP(CCCC)CCCC.[C]=O.[C]=O.[W]. The first kappa shape index (κ1) is 73.2. The fraction of sp³-hybridized carbons (Fsp3) is 0.960. The van der Waals surface area contributed by atoms with Crippen molar-refractivity contribution in [3.05, 3.63) is 0 Å². The second-order valence-corrected chi connectivity index (χ2v) is 26.3. The van der Waals surface area contributed by atoms with Crippen LogP contribution in [0.15, 0.2) is 0 Å². The second kappa shape index (κ2) is 75.1. The van der Waals surface area contributed by atoms with Gasteiger partial charge in [-0.25, -0.2) is 0 Å². The molecule has 0 atom stereocenters. The van der Waals surface area contributed by atoms with E-state index in [2.05, 4.69) is 96.7 Å². The molecule has 0 heterocycles. The molecule has 0 spiro atoms. The monoisotopic (exact) mass is 1050 g/mol. The third kappa shape index (κ3) is 72.5. The average molecular weight is 1050 g/mol. The first-order valence-electron chi connectivity index (χ1n) is 24.7. The summed E-state index contributed by atoms with van der Waals surface area (Å²) in [6.45, 7) is 36.8. The summed E-state index contributed by atoms with van der Waals surface area (Å²) >= 11 is 0. The molecule has 0 rings (SSSR count). The Morgan fingerprint density at radius 3 is 0.333 bits per heavy atom. The summed E-state index contributed by atoms with van der Waals surface area (Å²) in [7, 11) is 1.69. The van der Waals surface area contributed by atoms with Crippen LogP contribution in [0, 0.1) is 0 Å². The standard InChI is InChI=1S/4C12H27P.2CO.W/c4*1-4-7-10-13(11-8-5-2)12-9-6-3;2*1-2;/h4*4-12H2,1-3H3;;;. The summed E-state index contributed by atoms with van der Waals surface area (Å²) in [6, 6.07) is 0. The Bertz CT molecular complexity index is 431. The van der Waals surface area contributed by atoms with E-state index in [1.807, 2.05) is 0 Å². The molecule has 57 heavy (non-hydrogen) atoms. The number of rotatable bonds is 36. The van der Waals surface area contributed by atoms with Crippen LogP contribution in [-0.4, -0.2) is 87.5 Å². The van der Waals surface area contributed by atoms with Gasteiger partial charge in [0.1, 0.15) is 0 Å². The molecular weight excluding hydrogens is 940 g/mol. The summed E-state index contributed by atoms with van der Waals surface area (Å²) in [6.07, 6.45) is 52.9. The van der Waals surface area contributed by atoms with Crippen molar-refractivity contribution < 1.29 is 30.7 Å². The normalized spacial score (nSPS) is 10.2.